The number of ether oxygens (including phenoxy) is 1. The highest BCUT2D eigenvalue weighted by Crippen LogP contribution is 2.21. The van der Waals surface area contributed by atoms with Crippen LogP contribution in [-0.4, -0.2) is 47.0 Å². The maximum Gasteiger partial charge on any atom is 0.408 e. The summed E-state index contributed by atoms with van der Waals surface area (Å²) in [6, 6.07) is 12.9. The van der Waals surface area contributed by atoms with Crippen molar-refractivity contribution in [3.05, 3.63) is 63.2 Å². The second-order valence-electron chi connectivity index (χ2n) is 6.31. The highest BCUT2D eigenvalue weighted by Gasteiger charge is 2.24. The molecule has 0 aliphatic carbocycles. The van der Waals surface area contributed by atoms with Crippen molar-refractivity contribution in [2.45, 2.75) is 19.1 Å². The summed E-state index contributed by atoms with van der Waals surface area (Å²) in [7, 11) is 1.36. The molecule has 160 valence electrons. The third-order valence-corrected chi connectivity index (χ3v) is 5.13. The van der Waals surface area contributed by atoms with E-state index >= 15 is 0 Å². The van der Waals surface area contributed by atoms with Crippen LogP contribution in [0, 0.1) is 3.57 Å². The zero-order chi connectivity index (χ0) is 22.1. The highest BCUT2D eigenvalue weighted by molar-refractivity contribution is 14.1. The van der Waals surface area contributed by atoms with E-state index in [-0.39, 0.29) is 24.7 Å². The van der Waals surface area contributed by atoms with Crippen LogP contribution in [0.3, 0.4) is 0 Å². The maximum absolute atomic E-state index is 12.7. The first kappa shape index (κ1) is 23.7. The fraction of sp³-hybridized carbons (Fsp3) is 0.250. The van der Waals surface area contributed by atoms with Crippen molar-refractivity contribution in [3.63, 3.8) is 0 Å². The van der Waals surface area contributed by atoms with Crippen LogP contribution in [0.4, 0.5) is 4.79 Å². The van der Waals surface area contributed by atoms with Gasteiger partial charge in [-0.1, -0.05) is 36.4 Å². The molecule has 3 amide bonds. The molecule has 0 saturated heterocycles. The van der Waals surface area contributed by atoms with E-state index in [4.69, 9.17) is 16.3 Å². The molecular weight excluding hydrogens is 525 g/mol. The van der Waals surface area contributed by atoms with Gasteiger partial charge < -0.3 is 15.2 Å². The zero-order valence-corrected chi connectivity index (χ0v) is 19.0. The summed E-state index contributed by atoms with van der Waals surface area (Å²) in [6.07, 6.45) is -0.662. The Balaban J connectivity index is 2.08. The predicted molar refractivity (Wildman–Crippen MR) is 120 cm³/mol. The van der Waals surface area contributed by atoms with Crippen molar-refractivity contribution in [1.82, 2.24) is 15.8 Å². The monoisotopic (exact) mass is 545 g/mol. The minimum absolute atomic E-state index is 0.0444. The van der Waals surface area contributed by atoms with Gasteiger partial charge in [0.2, 0.25) is 0 Å². The Morgan fingerprint density at radius 3 is 2.50 bits per heavy atom. The first-order valence-electron chi connectivity index (χ1n) is 8.87. The standard InChI is InChI=1S/C20H21ClIN3O5/c1-25(18(27)11-21)24-19(28)16(10-14-7-8-17(26)15(22)9-14)23-20(29)30-12-13-5-3-2-4-6-13/h2-9,16,26H,10-12H2,1H3,(H,23,29)(H,24,28)/t16-/m0/s1. The number of carbonyl (C=O) groups is 3. The number of phenols is 1. The second kappa shape index (κ2) is 11.6. The molecule has 0 bridgehead atoms. The van der Waals surface area contributed by atoms with Crippen molar-refractivity contribution in [3.8, 4) is 5.75 Å². The molecule has 0 spiro atoms. The van der Waals surface area contributed by atoms with Gasteiger partial charge in [0.05, 0.1) is 3.57 Å². The molecule has 0 unspecified atom stereocenters. The molecule has 1 atom stereocenters. The molecule has 0 heterocycles. The molecule has 0 aromatic heterocycles. The van der Waals surface area contributed by atoms with Crippen LogP contribution in [0.15, 0.2) is 48.5 Å². The number of nitrogens with zero attached hydrogens (tertiary/aromatic N) is 1. The number of phenolic OH excluding ortho intramolecular Hbond substituents is 1. The summed E-state index contributed by atoms with van der Waals surface area (Å²) < 4.78 is 5.79. The average Bonchev–Trinajstić information content (AvgIpc) is 2.74. The number of amides is 3. The van der Waals surface area contributed by atoms with Crippen LogP contribution in [0.25, 0.3) is 0 Å². The van der Waals surface area contributed by atoms with Gasteiger partial charge in [0.25, 0.3) is 11.8 Å². The molecular formula is C20H21ClIN3O5. The SMILES string of the molecule is CN(NC(=O)[C@H](Cc1ccc(O)c(I)c1)NC(=O)OCc1ccccc1)C(=O)CCl. The Morgan fingerprint density at radius 2 is 1.87 bits per heavy atom. The Hall–Kier alpha value is -2.53. The van der Waals surface area contributed by atoms with Crippen LogP contribution >= 0.6 is 34.2 Å². The molecule has 0 saturated carbocycles. The van der Waals surface area contributed by atoms with Gasteiger partial charge >= 0.3 is 6.09 Å². The Bertz CT molecular complexity index is 897. The summed E-state index contributed by atoms with van der Waals surface area (Å²) >= 11 is 7.46. The molecule has 0 fully saturated rings. The second-order valence-corrected chi connectivity index (χ2v) is 7.74. The number of alkyl carbamates (subject to hydrolysis) is 1. The van der Waals surface area contributed by atoms with Crippen LogP contribution in [-0.2, 0) is 27.4 Å². The van der Waals surface area contributed by atoms with Crippen LogP contribution < -0.4 is 10.7 Å². The van der Waals surface area contributed by atoms with E-state index in [0.29, 0.717) is 9.13 Å². The molecule has 0 aliphatic rings. The molecule has 0 radical (unpaired) electrons. The molecule has 30 heavy (non-hydrogen) atoms. The van der Waals surface area contributed by atoms with Gasteiger partial charge in [-0.25, -0.2) is 4.79 Å². The first-order valence-corrected chi connectivity index (χ1v) is 10.5. The Labute approximate surface area is 192 Å². The highest BCUT2D eigenvalue weighted by atomic mass is 127. The lowest BCUT2D eigenvalue weighted by molar-refractivity contribution is -0.138. The van der Waals surface area contributed by atoms with Crippen molar-refractivity contribution >= 4 is 52.1 Å². The van der Waals surface area contributed by atoms with Gasteiger partial charge in [-0.15, -0.1) is 11.6 Å². The fourth-order valence-corrected chi connectivity index (χ4v) is 3.18. The number of rotatable bonds is 7. The van der Waals surface area contributed by atoms with E-state index in [1.54, 1.807) is 12.1 Å². The fourth-order valence-electron chi connectivity index (χ4n) is 2.42. The number of aromatic hydroxyl groups is 1. The number of alkyl halides is 1. The van der Waals surface area contributed by atoms with E-state index in [9.17, 15) is 19.5 Å². The third-order valence-electron chi connectivity index (χ3n) is 4.04. The van der Waals surface area contributed by atoms with Crippen molar-refractivity contribution in [2.24, 2.45) is 0 Å². The normalized spacial score (nSPS) is 11.3. The van der Waals surface area contributed by atoms with Crippen molar-refractivity contribution in [1.29, 1.82) is 0 Å². The van der Waals surface area contributed by atoms with Crippen LogP contribution in [0.5, 0.6) is 5.75 Å². The lowest BCUT2D eigenvalue weighted by atomic mass is 10.1. The van der Waals surface area contributed by atoms with Crippen LogP contribution in [0.2, 0.25) is 0 Å². The van der Waals surface area contributed by atoms with E-state index in [2.05, 4.69) is 10.7 Å². The minimum Gasteiger partial charge on any atom is -0.507 e. The van der Waals surface area contributed by atoms with Crippen LogP contribution in [0.1, 0.15) is 11.1 Å². The number of hydrogen-bond donors (Lipinski definition) is 3. The Kier molecular flexibility index (Phi) is 9.18. The van der Waals surface area contributed by atoms with Gasteiger partial charge in [0.15, 0.2) is 0 Å². The van der Waals surface area contributed by atoms with Gasteiger partial charge in [-0.05, 0) is 45.9 Å². The quantitative estimate of drug-likeness (QED) is 0.282. The summed E-state index contributed by atoms with van der Waals surface area (Å²) in [5.41, 5.74) is 3.90. The molecule has 2 rings (SSSR count). The van der Waals surface area contributed by atoms with Gasteiger partial charge in [0, 0.05) is 13.5 Å². The minimum atomic E-state index is -1.03. The van der Waals surface area contributed by atoms with E-state index in [1.165, 1.54) is 13.1 Å². The summed E-state index contributed by atoms with van der Waals surface area (Å²) in [6.45, 7) is 0.0444. The largest absolute Gasteiger partial charge is 0.507 e. The van der Waals surface area contributed by atoms with Crippen molar-refractivity contribution in [2.75, 3.05) is 12.9 Å². The Morgan fingerprint density at radius 1 is 1.17 bits per heavy atom. The zero-order valence-electron chi connectivity index (χ0n) is 16.1. The number of hydrazine groups is 1. The average molecular weight is 546 g/mol. The molecule has 10 heteroatoms. The lowest BCUT2D eigenvalue weighted by Crippen LogP contribution is -2.54. The van der Waals surface area contributed by atoms with Gasteiger partial charge in [-0.3, -0.25) is 20.0 Å². The summed E-state index contributed by atoms with van der Waals surface area (Å²) in [5.74, 6) is -1.31. The lowest BCUT2D eigenvalue weighted by Gasteiger charge is -2.23. The maximum atomic E-state index is 12.7. The number of halogens is 2. The molecule has 3 N–H and O–H groups in total. The van der Waals surface area contributed by atoms with Gasteiger partial charge in [0.1, 0.15) is 24.3 Å². The number of carbonyl (C=O) groups excluding carboxylic acids is 3. The number of benzene rings is 2. The molecule has 8 nitrogen and oxygen atoms in total. The predicted octanol–water partition coefficient (Wildman–Crippen LogP) is 2.56. The van der Waals surface area contributed by atoms with E-state index < -0.39 is 23.9 Å². The smallest absolute Gasteiger partial charge is 0.408 e. The number of hydrogen-bond acceptors (Lipinski definition) is 5. The topological polar surface area (TPSA) is 108 Å². The molecule has 2 aromatic rings. The number of nitrogens with one attached hydrogen (secondary N) is 2. The van der Waals surface area contributed by atoms with Crippen molar-refractivity contribution < 1.29 is 24.2 Å². The third kappa shape index (κ3) is 7.38. The van der Waals surface area contributed by atoms with E-state index in [1.807, 2.05) is 52.9 Å². The van der Waals surface area contributed by atoms with Gasteiger partial charge in [-0.2, -0.15) is 0 Å². The first-order chi connectivity index (χ1) is 14.3. The summed E-state index contributed by atoms with van der Waals surface area (Å²) in [4.78, 5) is 36.6. The molecule has 2 aromatic carbocycles. The summed E-state index contributed by atoms with van der Waals surface area (Å²) in [5, 5.41) is 13.2. The van der Waals surface area contributed by atoms with E-state index in [0.717, 1.165) is 10.6 Å². The molecule has 0 aliphatic heterocycles.